The lowest BCUT2D eigenvalue weighted by molar-refractivity contribution is 0.294. The van der Waals surface area contributed by atoms with Gasteiger partial charge in [0.2, 0.25) is 4.96 Å². The van der Waals surface area contributed by atoms with Gasteiger partial charge in [-0.1, -0.05) is 102 Å². The summed E-state index contributed by atoms with van der Waals surface area (Å²) in [7, 11) is 0. The number of aryl methyl sites for hydroxylation is 1. The fraction of sp³-hybridized carbons (Fsp3) is 0.0588. The molecule has 0 saturated carbocycles. The summed E-state index contributed by atoms with van der Waals surface area (Å²) in [5.41, 5.74) is 6.71. The smallest absolute Gasteiger partial charge is 0.291 e. The highest BCUT2D eigenvalue weighted by molar-refractivity contribution is 7.15. The van der Waals surface area contributed by atoms with Crippen molar-refractivity contribution in [1.29, 1.82) is 0 Å². The summed E-state index contributed by atoms with van der Waals surface area (Å²) >= 11 is 1.31. The molecule has 0 fully saturated rings. The average molecular weight is 568 g/mol. The van der Waals surface area contributed by atoms with Gasteiger partial charge in [0.05, 0.1) is 21.6 Å². The number of fused-ring (bicyclic) bond motifs is 1. The van der Waals surface area contributed by atoms with E-state index in [1.54, 1.807) is 0 Å². The highest BCUT2D eigenvalue weighted by Gasteiger charge is 2.14. The molecule has 7 nitrogen and oxygen atoms in total. The molecule has 3 aromatic heterocycles. The molecule has 0 atom stereocenters. The van der Waals surface area contributed by atoms with E-state index in [2.05, 4.69) is 40.4 Å². The first-order valence-electron chi connectivity index (χ1n) is 13.5. The topological polar surface area (TPSA) is 74.3 Å². The number of para-hydroxylation sites is 1. The Morgan fingerprint density at radius 1 is 0.810 bits per heavy atom. The molecule has 0 bridgehead atoms. The largest absolute Gasteiger partial charge is 0.485 e. The van der Waals surface area contributed by atoms with Gasteiger partial charge in [-0.3, -0.25) is 4.79 Å². The van der Waals surface area contributed by atoms with Gasteiger partial charge < -0.3 is 4.74 Å². The minimum Gasteiger partial charge on any atom is -0.485 e. The van der Waals surface area contributed by atoms with Crippen molar-refractivity contribution in [3.63, 3.8) is 0 Å². The molecule has 4 aromatic carbocycles. The first kappa shape index (κ1) is 25.6. The van der Waals surface area contributed by atoms with E-state index in [4.69, 9.17) is 9.84 Å². The maximum absolute atomic E-state index is 13.1. The van der Waals surface area contributed by atoms with Gasteiger partial charge in [0.25, 0.3) is 5.56 Å². The van der Waals surface area contributed by atoms with Crippen LogP contribution in [0.15, 0.2) is 120 Å². The lowest BCUT2D eigenvalue weighted by Gasteiger charge is -2.08. The van der Waals surface area contributed by atoms with Crippen LogP contribution in [0.25, 0.3) is 39.2 Å². The Labute approximate surface area is 245 Å². The van der Waals surface area contributed by atoms with Gasteiger partial charge in [0.1, 0.15) is 12.4 Å². The van der Waals surface area contributed by atoms with E-state index in [-0.39, 0.29) is 12.2 Å². The second-order valence-corrected chi connectivity index (χ2v) is 10.9. The van der Waals surface area contributed by atoms with E-state index >= 15 is 0 Å². The van der Waals surface area contributed by atoms with Crippen molar-refractivity contribution in [3.8, 4) is 34.0 Å². The molecule has 0 aliphatic carbocycles. The predicted octanol–water partition coefficient (Wildman–Crippen LogP) is 6.11. The van der Waals surface area contributed by atoms with Crippen LogP contribution < -0.4 is 14.8 Å². The molecule has 0 radical (unpaired) electrons. The Hall–Kier alpha value is -5.34. The fourth-order valence-corrected chi connectivity index (χ4v) is 5.73. The maximum atomic E-state index is 13.1. The van der Waals surface area contributed by atoms with Crippen molar-refractivity contribution in [2.24, 2.45) is 0 Å². The number of nitrogens with zero attached hydrogens (tertiary/aromatic N) is 5. The number of aromatic nitrogens is 5. The molecule has 0 amide bonds. The summed E-state index contributed by atoms with van der Waals surface area (Å²) < 4.78 is 9.73. The van der Waals surface area contributed by atoms with Crippen LogP contribution >= 0.6 is 11.3 Å². The molecule has 0 N–H and O–H groups in total. The van der Waals surface area contributed by atoms with Gasteiger partial charge >= 0.3 is 0 Å². The van der Waals surface area contributed by atoms with Crippen molar-refractivity contribution >= 4 is 22.4 Å². The third kappa shape index (κ3) is 5.00. The number of hydrogen-bond acceptors (Lipinski definition) is 6. The summed E-state index contributed by atoms with van der Waals surface area (Å²) in [6, 6.07) is 38.3. The molecule has 0 aliphatic heterocycles. The normalized spacial score (nSPS) is 11.8. The van der Waals surface area contributed by atoms with Gasteiger partial charge in [0.15, 0.2) is 5.82 Å². The van der Waals surface area contributed by atoms with Crippen LogP contribution in [-0.2, 0) is 6.61 Å². The Kier molecular flexibility index (Phi) is 6.65. The highest BCUT2D eigenvalue weighted by atomic mass is 32.1. The van der Waals surface area contributed by atoms with Gasteiger partial charge in [-0.05, 0) is 48.4 Å². The Bertz CT molecular complexity index is 2110. The van der Waals surface area contributed by atoms with Crippen molar-refractivity contribution in [2.45, 2.75) is 13.5 Å². The van der Waals surface area contributed by atoms with E-state index < -0.39 is 0 Å². The molecule has 0 spiro atoms. The Morgan fingerprint density at radius 3 is 2.21 bits per heavy atom. The average Bonchev–Trinajstić information content (AvgIpc) is 3.73. The summed E-state index contributed by atoms with van der Waals surface area (Å²) in [6.45, 7) is 2.18. The Balaban J connectivity index is 1.17. The summed E-state index contributed by atoms with van der Waals surface area (Å²) in [4.78, 5) is 18.1. The second-order valence-electron chi connectivity index (χ2n) is 9.84. The number of thiazole rings is 1. The van der Waals surface area contributed by atoms with Crippen LogP contribution in [0, 0.1) is 6.92 Å². The van der Waals surface area contributed by atoms with E-state index in [0.29, 0.717) is 15.3 Å². The highest BCUT2D eigenvalue weighted by Crippen LogP contribution is 2.29. The first-order chi connectivity index (χ1) is 20.6. The zero-order valence-corrected chi connectivity index (χ0v) is 23.5. The second kappa shape index (κ2) is 10.9. The summed E-state index contributed by atoms with van der Waals surface area (Å²) in [5, 5.41) is 9.34. The van der Waals surface area contributed by atoms with Crippen molar-refractivity contribution in [1.82, 2.24) is 24.4 Å². The number of rotatable bonds is 7. The van der Waals surface area contributed by atoms with Gasteiger partial charge in [0, 0.05) is 11.1 Å². The molecule has 204 valence electrons. The van der Waals surface area contributed by atoms with E-state index in [0.717, 1.165) is 45.1 Å². The number of hydrogen-bond donors (Lipinski definition) is 0. The monoisotopic (exact) mass is 567 g/mol. The van der Waals surface area contributed by atoms with E-state index in [9.17, 15) is 4.79 Å². The van der Waals surface area contributed by atoms with E-state index in [1.165, 1.54) is 15.9 Å². The molecule has 8 heteroatoms. The molecule has 7 rings (SSSR count). The fourth-order valence-electron chi connectivity index (χ4n) is 4.80. The van der Waals surface area contributed by atoms with Crippen LogP contribution in [0.1, 0.15) is 17.0 Å². The molecule has 0 aliphatic rings. The summed E-state index contributed by atoms with van der Waals surface area (Å²) in [5.74, 6) is 1.25. The van der Waals surface area contributed by atoms with E-state index in [1.807, 2.05) is 103 Å². The predicted molar refractivity (Wildman–Crippen MR) is 166 cm³/mol. The van der Waals surface area contributed by atoms with Crippen LogP contribution in [0.3, 0.4) is 0 Å². The van der Waals surface area contributed by atoms with Crippen molar-refractivity contribution in [2.75, 3.05) is 0 Å². The minimum absolute atomic E-state index is 0.195. The van der Waals surface area contributed by atoms with Crippen LogP contribution in [0.2, 0.25) is 0 Å². The lowest BCUT2D eigenvalue weighted by atomic mass is 10.1. The molecule has 0 saturated heterocycles. The van der Waals surface area contributed by atoms with Crippen LogP contribution in [-0.4, -0.2) is 24.4 Å². The standard InChI is InChI=1S/C34H25N5O2S/c1-23-10-8-9-15-30(23)41-22-32-35-34-39(37-32)33(40)31(42-34)20-24-16-18-27(19-17-24)38-29(26-13-6-3-7-14-26)21-28(36-38)25-11-4-2-5-12-25/h2-21H,22H2,1H3/b31-20-. The van der Waals surface area contributed by atoms with Gasteiger partial charge in [-0.2, -0.15) is 14.6 Å². The third-order valence-corrected chi connectivity index (χ3v) is 7.92. The van der Waals surface area contributed by atoms with Crippen molar-refractivity contribution in [3.05, 3.63) is 147 Å². The zero-order valence-electron chi connectivity index (χ0n) is 22.7. The molecular formula is C34H25N5O2S. The van der Waals surface area contributed by atoms with Crippen molar-refractivity contribution < 1.29 is 4.74 Å². The SMILES string of the molecule is Cc1ccccc1OCc1nc2s/c(=C\c3ccc(-n4nc(-c5ccccc5)cc4-c4ccccc4)cc3)c(=O)n2n1. The lowest BCUT2D eigenvalue weighted by Crippen LogP contribution is -2.23. The molecule has 42 heavy (non-hydrogen) atoms. The van der Waals surface area contributed by atoms with Gasteiger partial charge in [-0.25, -0.2) is 4.68 Å². The molecule has 3 heterocycles. The van der Waals surface area contributed by atoms with Crippen LogP contribution in [0.5, 0.6) is 5.75 Å². The number of ether oxygens (including phenoxy) is 1. The van der Waals surface area contributed by atoms with Crippen LogP contribution in [0.4, 0.5) is 0 Å². The minimum atomic E-state index is -0.195. The quantitative estimate of drug-likeness (QED) is 0.233. The molecular weight excluding hydrogens is 542 g/mol. The Morgan fingerprint density at radius 2 is 1.50 bits per heavy atom. The number of benzene rings is 4. The molecule has 7 aromatic rings. The maximum Gasteiger partial charge on any atom is 0.291 e. The summed E-state index contributed by atoms with van der Waals surface area (Å²) in [6.07, 6.45) is 1.87. The van der Waals surface area contributed by atoms with Gasteiger partial charge in [-0.15, -0.1) is 5.10 Å². The first-order valence-corrected chi connectivity index (χ1v) is 14.3. The molecule has 0 unspecified atom stereocenters. The zero-order chi connectivity index (χ0) is 28.5. The third-order valence-electron chi connectivity index (χ3n) is 6.96.